The lowest BCUT2D eigenvalue weighted by Gasteiger charge is -2.29. The molecular formula is C14H12F2O4. The molecule has 106 valence electrons. The number of benzene rings is 1. The van der Waals surface area contributed by atoms with Crippen molar-refractivity contribution < 1.29 is 27.8 Å². The van der Waals surface area contributed by atoms with Crippen LogP contribution < -0.4 is 0 Å². The first-order valence-corrected chi connectivity index (χ1v) is 5.85. The molecule has 1 fully saturated rings. The molecular weight excluding hydrogens is 270 g/mol. The molecule has 1 aromatic rings. The van der Waals surface area contributed by atoms with Crippen molar-refractivity contribution in [1.82, 2.24) is 0 Å². The fourth-order valence-electron chi connectivity index (χ4n) is 1.73. The Hall–Kier alpha value is -2.24. The predicted molar refractivity (Wildman–Crippen MR) is 65.6 cm³/mol. The van der Waals surface area contributed by atoms with Crippen molar-refractivity contribution >= 4 is 18.0 Å². The molecule has 0 amide bonds. The highest BCUT2D eigenvalue weighted by molar-refractivity contribution is 6.18. The van der Waals surface area contributed by atoms with E-state index in [0.717, 1.165) is 0 Å². The minimum absolute atomic E-state index is 0.197. The normalized spacial score (nSPS) is 17.8. The Morgan fingerprint density at radius 1 is 1.15 bits per heavy atom. The van der Waals surface area contributed by atoms with E-state index in [9.17, 15) is 18.4 Å². The number of carbonyl (C=O) groups excluding carboxylic acids is 2. The van der Waals surface area contributed by atoms with Gasteiger partial charge < -0.3 is 9.47 Å². The van der Waals surface area contributed by atoms with E-state index in [4.69, 9.17) is 9.47 Å². The van der Waals surface area contributed by atoms with E-state index in [0.29, 0.717) is 5.56 Å². The second kappa shape index (κ2) is 5.03. The van der Waals surface area contributed by atoms with Crippen LogP contribution in [0.2, 0.25) is 0 Å². The maximum Gasteiger partial charge on any atom is 0.348 e. The highest BCUT2D eigenvalue weighted by Gasteiger charge is 2.38. The fourth-order valence-corrected chi connectivity index (χ4v) is 1.73. The average molecular weight is 282 g/mol. The molecule has 0 atom stereocenters. The summed E-state index contributed by atoms with van der Waals surface area (Å²) >= 11 is 0. The van der Waals surface area contributed by atoms with Crippen LogP contribution >= 0.6 is 0 Å². The summed E-state index contributed by atoms with van der Waals surface area (Å²) in [6.07, 6.45) is -1.45. The number of halogens is 2. The van der Waals surface area contributed by atoms with Gasteiger partial charge in [0.25, 0.3) is 12.2 Å². The zero-order chi connectivity index (χ0) is 14.9. The lowest BCUT2D eigenvalue weighted by molar-refractivity contribution is -0.222. The van der Waals surface area contributed by atoms with Crippen LogP contribution in [-0.4, -0.2) is 17.7 Å². The molecule has 1 aromatic carbocycles. The number of hydrogen-bond donors (Lipinski definition) is 0. The summed E-state index contributed by atoms with van der Waals surface area (Å²) in [7, 11) is 0. The summed E-state index contributed by atoms with van der Waals surface area (Å²) in [5.74, 6) is -3.00. The van der Waals surface area contributed by atoms with Gasteiger partial charge in [-0.05, 0) is 17.7 Å². The smallest absolute Gasteiger partial charge is 0.348 e. The third kappa shape index (κ3) is 3.01. The van der Waals surface area contributed by atoms with Crippen LogP contribution in [0.1, 0.15) is 31.4 Å². The van der Waals surface area contributed by atoms with E-state index >= 15 is 0 Å². The van der Waals surface area contributed by atoms with E-state index in [1.807, 2.05) is 0 Å². The molecule has 0 N–H and O–H groups in total. The number of ether oxygens (including phenoxy) is 2. The lowest BCUT2D eigenvalue weighted by atomic mass is 10.1. The van der Waals surface area contributed by atoms with Crippen molar-refractivity contribution in [3.8, 4) is 0 Å². The molecule has 20 heavy (non-hydrogen) atoms. The summed E-state index contributed by atoms with van der Waals surface area (Å²) in [4.78, 5) is 23.4. The first-order chi connectivity index (χ1) is 9.28. The Labute approximate surface area is 114 Å². The summed E-state index contributed by atoms with van der Waals surface area (Å²) < 4.78 is 35.0. The second-order valence-electron chi connectivity index (χ2n) is 4.71. The highest BCUT2D eigenvalue weighted by Crippen LogP contribution is 2.25. The highest BCUT2D eigenvalue weighted by atomic mass is 19.3. The number of alkyl halides is 2. The van der Waals surface area contributed by atoms with Gasteiger partial charge in [0.05, 0.1) is 0 Å². The number of cyclic esters (lactones) is 2. The molecule has 2 rings (SSSR count). The molecule has 6 heteroatoms. The summed E-state index contributed by atoms with van der Waals surface area (Å²) in [5.41, 5.74) is -0.223. The van der Waals surface area contributed by atoms with E-state index in [2.05, 4.69) is 0 Å². The standard InChI is InChI=1S/C14H12F2O4/c1-14(2)19-12(17)10(13(18)20-14)7-8-4-3-5-9(6-8)11(15)16/h3-7,11H,1-2H3. The van der Waals surface area contributed by atoms with Gasteiger partial charge in [-0.2, -0.15) is 0 Å². The van der Waals surface area contributed by atoms with Crippen LogP contribution in [0.5, 0.6) is 0 Å². The Kier molecular flexibility index (Phi) is 3.57. The van der Waals surface area contributed by atoms with Crippen LogP contribution in [-0.2, 0) is 19.1 Å². The first kappa shape index (κ1) is 14.2. The third-order valence-electron chi connectivity index (χ3n) is 2.59. The van der Waals surface area contributed by atoms with E-state index in [1.165, 1.54) is 44.2 Å². The predicted octanol–water partition coefficient (Wildman–Crippen LogP) is 2.84. The molecule has 0 radical (unpaired) electrons. The molecule has 0 aromatic heterocycles. The van der Waals surface area contributed by atoms with Gasteiger partial charge in [0.2, 0.25) is 0 Å². The van der Waals surface area contributed by atoms with Crippen molar-refractivity contribution in [3.63, 3.8) is 0 Å². The molecule has 0 bridgehead atoms. The SMILES string of the molecule is CC1(C)OC(=O)C(=Cc2cccc(C(F)F)c2)C(=O)O1. The number of hydrogen-bond acceptors (Lipinski definition) is 4. The van der Waals surface area contributed by atoms with Gasteiger partial charge in [0.1, 0.15) is 5.57 Å². The van der Waals surface area contributed by atoms with Crippen LogP contribution in [0, 0.1) is 0 Å². The van der Waals surface area contributed by atoms with E-state index in [1.54, 1.807) is 0 Å². The van der Waals surface area contributed by atoms with Crippen molar-refractivity contribution in [3.05, 3.63) is 41.0 Å². The molecule has 4 nitrogen and oxygen atoms in total. The van der Waals surface area contributed by atoms with Crippen LogP contribution in [0.4, 0.5) is 8.78 Å². The average Bonchev–Trinajstić information content (AvgIpc) is 2.33. The number of esters is 2. The van der Waals surface area contributed by atoms with Crippen molar-refractivity contribution in [2.75, 3.05) is 0 Å². The van der Waals surface area contributed by atoms with E-state index in [-0.39, 0.29) is 11.1 Å². The Balaban J connectivity index is 2.33. The number of carbonyl (C=O) groups is 2. The largest absolute Gasteiger partial charge is 0.419 e. The summed E-state index contributed by atoms with van der Waals surface area (Å²) in [5, 5.41) is 0. The topological polar surface area (TPSA) is 52.6 Å². The molecule has 1 aliphatic heterocycles. The van der Waals surface area contributed by atoms with Gasteiger partial charge in [0.15, 0.2) is 0 Å². The van der Waals surface area contributed by atoms with E-state index < -0.39 is 24.2 Å². The maximum atomic E-state index is 12.6. The zero-order valence-electron chi connectivity index (χ0n) is 10.9. The van der Waals surface area contributed by atoms with Gasteiger partial charge in [-0.3, -0.25) is 0 Å². The van der Waals surface area contributed by atoms with Gasteiger partial charge in [0, 0.05) is 19.4 Å². The molecule has 1 heterocycles. The van der Waals surface area contributed by atoms with Gasteiger partial charge in [-0.1, -0.05) is 18.2 Å². The molecule has 1 saturated heterocycles. The number of rotatable bonds is 2. The minimum Gasteiger partial charge on any atom is -0.419 e. The molecule has 1 aliphatic rings. The second-order valence-corrected chi connectivity index (χ2v) is 4.71. The Bertz CT molecular complexity index is 569. The maximum absolute atomic E-state index is 12.6. The third-order valence-corrected chi connectivity index (χ3v) is 2.59. The van der Waals surface area contributed by atoms with Crippen molar-refractivity contribution in [2.24, 2.45) is 0 Å². The molecule has 0 saturated carbocycles. The van der Waals surface area contributed by atoms with Gasteiger partial charge >= 0.3 is 11.9 Å². The zero-order valence-corrected chi connectivity index (χ0v) is 10.9. The van der Waals surface area contributed by atoms with Gasteiger partial charge in [-0.15, -0.1) is 0 Å². The van der Waals surface area contributed by atoms with Crippen LogP contribution in [0.25, 0.3) is 6.08 Å². The van der Waals surface area contributed by atoms with Gasteiger partial charge in [-0.25, -0.2) is 18.4 Å². The monoisotopic (exact) mass is 282 g/mol. The Morgan fingerprint density at radius 3 is 2.30 bits per heavy atom. The van der Waals surface area contributed by atoms with Crippen LogP contribution in [0.15, 0.2) is 29.8 Å². The first-order valence-electron chi connectivity index (χ1n) is 5.85. The summed E-state index contributed by atoms with van der Waals surface area (Å²) in [6.45, 7) is 2.86. The van der Waals surface area contributed by atoms with Crippen LogP contribution in [0.3, 0.4) is 0 Å². The fraction of sp³-hybridized carbons (Fsp3) is 0.286. The van der Waals surface area contributed by atoms with Crippen molar-refractivity contribution in [1.29, 1.82) is 0 Å². The van der Waals surface area contributed by atoms with Crippen molar-refractivity contribution in [2.45, 2.75) is 26.1 Å². The quantitative estimate of drug-likeness (QED) is 0.475. The minimum atomic E-state index is -2.63. The Morgan fingerprint density at radius 2 is 1.75 bits per heavy atom. The summed E-state index contributed by atoms with van der Waals surface area (Å²) in [6, 6.07) is 5.36. The molecule has 0 unspecified atom stereocenters. The lowest BCUT2D eigenvalue weighted by Crippen LogP contribution is -2.41. The molecule has 0 aliphatic carbocycles. The molecule has 0 spiro atoms.